The van der Waals surface area contributed by atoms with Crippen molar-refractivity contribution >= 4 is 26.0 Å². The van der Waals surface area contributed by atoms with E-state index in [1.54, 1.807) is 18.7 Å². The Kier molecular flexibility index (Phi) is 9.12. The molecule has 0 spiro atoms. The third kappa shape index (κ3) is 7.81. The average molecular weight is 425 g/mol. The molecule has 0 saturated carbocycles. The molecule has 0 aliphatic rings. The molecular weight excluding hydrogens is 402 g/mol. The molecule has 1 N–H and O–H groups in total. The summed E-state index contributed by atoms with van der Waals surface area (Å²) in [4.78, 5) is 16.7. The van der Waals surface area contributed by atoms with Gasteiger partial charge in [0.2, 0.25) is 0 Å². The number of rotatable bonds is 11. The van der Waals surface area contributed by atoms with E-state index in [-0.39, 0.29) is 13.2 Å². The molecule has 0 radical (unpaired) electrons. The molecule has 154 valence electrons. The van der Waals surface area contributed by atoms with Crippen molar-refractivity contribution in [3.63, 3.8) is 0 Å². The van der Waals surface area contributed by atoms with Crippen LogP contribution in [0.4, 0.5) is 4.79 Å². The number of hydrogen-bond donors (Lipinski definition) is 1. The molecule has 1 aromatic rings. The second-order valence-electron chi connectivity index (χ2n) is 5.22. The summed E-state index contributed by atoms with van der Waals surface area (Å²) in [5.41, 5.74) is 0. The molecule has 1 aromatic carbocycles. The maximum atomic E-state index is 12.3. The molecule has 0 heterocycles. The first-order valence-corrected chi connectivity index (χ1v) is 11.3. The second kappa shape index (κ2) is 10.6. The summed E-state index contributed by atoms with van der Waals surface area (Å²) < 4.78 is 63.2. The standard InChI is InChI=1S/C15H23NO9S2/c1-4-22-10-12(11-23-5-2)24-15(17)25-16-27(20,21)14-9-7-6-8-13(14)26(3,18)19/h6-9,12,16H,4-5,10-11H2,1-3H3. The Morgan fingerprint density at radius 2 is 1.52 bits per heavy atom. The van der Waals surface area contributed by atoms with Crippen molar-refractivity contribution in [1.29, 1.82) is 0 Å². The van der Waals surface area contributed by atoms with Crippen LogP contribution in [0.5, 0.6) is 0 Å². The van der Waals surface area contributed by atoms with Crippen LogP contribution in [0, 0.1) is 0 Å². The molecule has 27 heavy (non-hydrogen) atoms. The highest BCUT2D eigenvalue weighted by Gasteiger charge is 2.26. The molecular formula is C15H23NO9S2. The number of ether oxygens (including phenoxy) is 3. The van der Waals surface area contributed by atoms with Gasteiger partial charge in [0, 0.05) is 19.5 Å². The van der Waals surface area contributed by atoms with E-state index in [1.807, 2.05) is 0 Å². The van der Waals surface area contributed by atoms with E-state index in [2.05, 4.69) is 4.84 Å². The SMILES string of the molecule is CCOCC(COCC)OC(=O)ONS(=O)(=O)c1ccccc1S(C)(=O)=O. The summed E-state index contributed by atoms with van der Waals surface area (Å²) in [6.45, 7) is 4.35. The Morgan fingerprint density at radius 3 is 2.00 bits per heavy atom. The Bertz CT molecular complexity index is 813. The van der Waals surface area contributed by atoms with Gasteiger partial charge in [0.15, 0.2) is 15.9 Å². The molecule has 12 heteroatoms. The molecule has 0 unspecified atom stereocenters. The summed E-state index contributed by atoms with van der Waals surface area (Å²) >= 11 is 0. The zero-order valence-electron chi connectivity index (χ0n) is 15.2. The van der Waals surface area contributed by atoms with Crippen molar-refractivity contribution < 1.29 is 40.7 Å². The van der Waals surface area contributed by atoms with Crippen LogP contribution in [0.1, 0.15) is 13.8 Å². The number of nitrogens with one attached hydrogen (secondary N) is 1. The summed E-state index contributed by atoms with van der Waals surface area (Å²) in [5.74, 6) is 0. The summed E-state index contributed by atoms with van der Waals surface area (Å²) in [5, 5.41) is 0. The first-order chi connectivity index (χ1) is 12.6. The van der Waals surface area contributed by atoms with Crippen LogP contribution in [-0.2, 0) is 38.9 Å². The molecule has 0 aliphatic carbocycles. The lowest BCUT2D eigenvalue weighted by Crippen LogP contribution is -2.33. The predicted molar refractivity (Wildman–Crippen MR) is 94.2 cm³/mol. The number of carbonyl (C=O) groups is 1. The lowest BCUT2D eigenvalue weighted by Gasteiger charge is -2.17. The minimum Gasteiger partial charge on any atom is -0.425 e. The Hall–Kier alpha value is -1.73. The molecule has 0 amide bonds. The van der Waals surface area contributed by atoms with Crippen LogP contribution in [0.25, 0.3) is 0 Å². The molecule has 0 fully saturated rings. The van der Waals surface area contributed by atoms with Gasteiger partial charge in [0.1, 0.15) is 4.90 Å². The highest BCUT2D eigenvalue weighted by Crippen LogP contribution is 2.20. The Morgan fingerprint density at radius 1 is 1.00 bits per heavy atom. The van der Waals surface area contributed by atoms with Crippen molar-refractivity contribution in [2.24, 2.45) is 0 Å². The first kappa shape index (κ1) is 23.3. The van der Waals surface area contributed by atoms with Gasteiger partial charge >= 0.3 is 6.16 Å². The van der Waals surface area contributed by atoms with E-state index in [0.29, 0.717) is 13.2 Å². The average Bonchev–Trinajstić information content (AvgIpc) is 2.61. The Labute approximate surface area is 158 Å². The zero-order chi connectivity index (χ0) is 20.5. The predicted octanol–water partition coefficient (Wildman–Crippen LogP) is 0.878. The maximum Gasteiger partial charge on any atom is 0.529 e. The third-order valence-electron chi connectivity index (χ3n) is 3.05. The second-order valence-corrected chi connectivity index (χ2v) is 8.81. The number of carbonyl (C=O) groups excluding carboxylic acids is 1. The van der Waals surface area contributed by atoms with Crippen LogP contribution in [-0.4, -0.2) is 61.8 Å². The minimum absolute atomic E-state index is 0.0370. The molecule has 0 saturated heterocycles. The van der Waals surface area contributed by atoms with E-state index in [9.17, 15) is 21.6 Å². The van der Waals surface area contributed by atoms with Crippen molar-refractivity contribution in [2.75, 3.05) is 32.7 Å². The van der Waals surface area contributed by atoms with Crippen LogP contribution in [0.3, 0.4) is 0 Å². The largest absolute Gasteiger partial charge is 0.529 e. The molecule has 0 aliphatic heterocycles. The minimum atomic E-state index is -4.45. The van der Waals surface area contributed by atoms with E-state index in [1.165, 1.54) is 12.1 Å². The first-order valence-electron chi connectivity index (χ1n) is 7.95. The van der Waals surface area contributed by atoms with Gasteiger partial charge in [-0.25, -0.2) is 21.6 Å². The van der Waals surface area contributed by atoms with Crippen LogP contribution < -0.4 is 4.89 Å². The van der Waals surface area contributed by atoms with E-state index < -0.39 is 41.9 Å². The van der Waals surface area contributed by atoms with Gasteiger partial charge in [-0.3, -0.25) is 0 Å². The molecule has 10 nitrogen and oxygen atoms in total. The highest BCUT2D eigenvalue weighted by atomic mass is 32.2. The maximum absolute atomic E-state index is 12.3. The van der Waals surface area contributed by atoms with Crippen molar-refractivity contribution in [2.45, 2.75) is 29.7 Å². The Balaban J connectivity index is 2.80. The molecule has 1 rings (SSSR count). The summed E-state index contributed by atoms with van der Waals surface area (Å²) in [6, 6.07) is 4.90. The van der Waals surface area contributed by atoms with E-state index in [0.717, 1.165) is 18.4 Å². The quantitative estimate of drug-likeness (QED) is 0.405. The van der Waals surface area contributed by atoms with Gasteiger partial charge in [-0.05, 0) is 30.9 Å². The number of sulfonamides is 1. The van der Waals surface area contributed by atoms with Crippen LogP contribution >= 0.6 is 0 Å². The lowest BCUT2D eigenvalue weighted by atomic mass is 10.4. The van der Waals surface area contributed by atoms with Gasteiger partial charge in [-0.1, -0.05) is 12.1 Å². The normalized spacial score (nSPS) is 12.1. The van der Waals surface area contributed by atoms with Gasteiger partial charge in [0.05, 0.1) is 18.1 Å². The lowest BCUT2D eigenvalue weighted by molar-refractivity contribution is -0.0532. The highest BCUT2D eigenvalue weighted by molar-refractivity contribution is 7.93. The fourth-order valence-corrected chi connectivity index (χ4v) is 4.29. The smallest absolute Gasteiger partial charge is 0.425 e. The van der Waals surface area contributed by atoms with Crippen molar-refractivity contribution in [3.05, 3.63) is 24.3 Å². The van der Waals surface area contributed by atoms with E-state index >= 15 is 0 Å². The van der Waals surface area contributed by atoms with Crippen LogP contribution in [0.15, 0.2) is 34.1 Å². The summed E-state index contributed by atoms with van der Waals surface area (Å²) in [6.07, 6.45) is -1.27. The monoisotopic (exact) mass is 425 g/mol. The number of hydrogen-bond acceptors (Lipinski definition) is 9. The van der Waals surface area contributed by atoms with Gasteiger partial charge in [-0.15, -0.1) is 0 Å². The fraction of sp³-hybridized carbons (Fsp3) is 0.533. The number of benzene rings is 1. The van der Waals surface area contributed by atoms with Gasteiger partial charge in [-0.2, -0.15) is 0 Å². The van der Waals surface area contributed by atoms with Gasteiger partial charge < -0.3 is 19.0 Å². The molecule has 0 aromatic heterocycles. The number of sulfone groups is 1. The van der Waals surface area contributed by atoms with Crippen molar-refractivity contribution in [1.82, 2.24) is 4.89 Å². The van der Waals surface area contributed by atoms with E-state index in [4.69, 9.17) is 14.2 Å². The summed E-state index contributed by atoms with van der Waals surface area (Å²) in [7, 11) is -8.27. The van der Waals surface area contributed by atoms with Crippen molar-refractivity contribution in [3.8, 4) is 0 Å². The molecule has 0 bridgehead atoms. The topological polar surface area (TPSA) is 134 Å². The fourth-order valence-electron chi connectivity index (χ4n) is 1.89. The molecule has 0 atom stereocenters. The third-order valence-corrected chi connectivity index (χ3v) is 5.57. The van der Waals surface area contributed by atoms with Gasteiger partial charge in [0.25, 0.3) is 10.0 Å². The zero-order valence-corrected chi connectivity index (χ0v) is 16.8. The van der Waals surface area contributed by atoms with Crippen LogP contribution in [0.2, 0.25) is 0 Å².